The van der Waals surface area contributed by atoms with Crippen LogP contribution in [0.3, 0.4) is 0 Å². The molecule has 0 saturated carbocycles. The first kappa shape index (κ1) is 31.2. The molecule has 0 aliphatic heterocycles. The fourth-order valence-corrected chi connectivity index (χ4v) is 7.39. The Bertz CT molecular complexity index is 2660. The third-order valence-corrected chi connectivity index (χ3v) is 10.1. The van der Waals surface area contributed by atoms with E-state index in [2.05, 4.69) is 160 Å². The van der Waals surface area contributed by atoms with Gasteiger partial charge in [0.25, 0.3) is 0 Å². The summed E-state index contributed by atoms with van der Waals surface area (Å²) in [6.45, 7) is 13.6. The monoisotopic (exact) mass is 646 g/mol. The van der Waals surface area contributed by atoms with Gasteiger partial charge in [-0.15, -0.1) is 0 Å². The number of benzene rings is 6. The summed E-state index contributed by atoms with van der Waals surface area (Å²) in [5, 5.41) is 24.6. The van der Waals surface area contributed by atoms with Gasteiger partial charge in [-0.3, -0.25) is 0 Å². The lowest BCUT2D eigenvalue weighted by molar-refractivity contribution is 0.590. The lowest BCUT2D eigenvalue weighted by Crippen LogP contribution is -2.10. The molecular formula is C46H38N4. The maximum absolute atomic E-state index is 10.1. The number of fused-ring (bicyclic) bond motifs is 6. The lowest BCUT2D eigenvalue weighted by Gasteiger charge is -2.20. The second kappa shape index (κ2) is 11.2. The number of para-hydroxylation sites is 2. The number of hydrogen-bond donors (Lipinski definition) is 0. The van der Waals surface area contributed by atoms with Gasteiger partial charge in [-0.1, -0.05) is 96.1 Å². The van der Waals surface area contributed by atoms with E-state index in [1.807, 2.05) is 18.2 Å². The summed E-state index contributed by atoms with van der Waals surface area (Å²) in [6, 6.07) is 47.5. The van der Waals surface area contributed by atoms with Crippen LogP contribution in [-0.2, 0) is 10.8 Å². The number of nitrogens with zero attached hydrogens (tertiary/aromatic N) is 4. The first-order chi connectivity index (χ1) is 24.0. The molecule has 0 aliphatic carbocycles. The average molecular weight is 647 g/mol. The van der Waals surface area contributed by atoms with E-state index < -0.39 is 0 Å². The Morgan fingerprint density at radius 1 is 0.460 bits per heavy atom. The summed E-state index contributed by atoms with van der Waals surface area (Å²) in [5.74, 6) is 0. The summed E-state index contributed by atoms with van der Waals surface area (Å²) >= 11 is 0. The summed E-state index contributed by atoms with van der Waals surface area (Å²) in [7, 11) is 0. The molecule has 0 aliphatic rings. The van der Waals surface area contributed by atoms with Crippen molar-refractivity contribution in [2.45, 2.75) is 52.4 Å². The molecule has 6 aromatic carbocycles. The molecule has 2 heterocycles. The molecule has 242 valence electrons. The Kier molecular flexibility index (Phi) is 7.00. The van der Waals surface area contributed by atoms with Crippen LogP contribution in [0, 0.1) is 22.7 Å². The van der Waals surface area contributed by atoms with Crippen molar-refractivity contribution in [1.82, 2.24) is 9.13 Å². The highest BCUT2D eigenvalue weighted by Crippen LogP contribution is 2.43. The van der Waals surface area contributed by atoms with Gasteiger partial charge in [-0.25, -0.2) is 0 Å². The van der Waals surface area contributed by atoms with E-state index in [0.717, 1.165) is 50.0 Å². The van der Waals surface area contributed by atoms with Crippen molar-refractivity contribution in [3.05, 3.63) is 144 Å². The van der Waals surface area contributed by atoms with Crippen molar-refractivity contribution in [3.63, 3.8) is 0 Å². The molecule has 0 N–H and O–H groups in total. The van der Waals surface area contributed by atoms with Crippen molar-refractivity contribution in [2.75, 3.05) is 0 Å². The van der Waals surface area contributed by atoms with Gasteiger partial charge in [0, 0.05) is 32.8 Å². The van der Waals surface area contributed by atoms with E-state index in [9.17, 15) is 10.5 Å². The van der Waals surface area contributed by atoms with Crippen LogP contribution in [0.1, 0.15) is 63.8 Å². The van der Waals surface area contributed by atoms with Crippen molar-refractivity contribution < 1.29 is 0 Å². The number of rotatable bonds is 3. The number of hydrogen-bond acceptors (Lipinski definition) is 2. The zero-order chi connectivity index (χ0) is 34.9. The predicted molar refractivity (Wildman–Crippen MR) is 207 cm³/mol. The Hall–Kier alpha value is -6.10. The molecule has 0 bridgehead atoms. The molecule has 4 nitrogen and oxygen atoms in total. The van der Waals surface area contributed by atoms with Crippen molar-refractivity contribution in [3.8, 4) is 34.6 Å². The van der Waals surface area contributed by atoms with Gasteiger partial charge in [0.15, 0.2) is 0 Å². The smallest absolute Gasteiger partial charge is 0.101 e. The van der Waals surface area contributed by atoms with Crippen LogP contribution < -0.4 is 0 Å². The predicted octanol–water partition coefficient (Wildman–Crippen LogP) is 11.9. The Labute approximate surface area is 293 Å². The van der Waals surface area contributed by atoms with E-state index in [0.29, 0.717) is 11.1 Å². The maximum Gasteiger partial charge on any atom is 0.101 e. The third-order valence-electron chi connectivity index (χ3n) is 10.1. The van der Waals surface area contributed by atoms with E-state index in [1.165, 1.54) is 27.3 Å². The highest BCUT2D eigenvalue weighted by Gasteiger charge is 2.24. The van der Waals surface area contributed by atoms with Crippen molar-refractivity contribution in [1.29, 1.82) is 10.5 Å². The van der Waals surface area contributed by atoms with Crippen LogP contribution in [0.25, 0.3) is 66.1 Å². The average Bonchev–Trinajstić information content (AvgIpc) is 3.62. The van der Waals surface area contributed by atoms with Crippen molar-refractivity contribution >= 4 is 43.6 Å². The van der Waals surface area contributed by atoms with Crippen LogP contribution >= 0.6 is 0 Å². The molecule has 0 fully saturated rings. The van der Waals surface area contributed by atoms with Crippen LogP contribution in [0.4, 0.5) is 0 Å². The molecule has 4 heteroatoms. The molecule has 0 saturated heterocycles. The topological polar surface area (TPSA) is 57.4 Å². The molecule has 0 spiro atoms. The van der Waals surface area contributed by atoms with Gasteiger partial charge in [0.2, 0.25) is 0 Å². The number of aromatic nitrogens is 2. The summed E-state index contributed by atoms with van der Waals surface area (Å²) < 4.78 is 4.72. The van der Waals surface area contributed by atoms with E-state index >= 15 is 0 Å². The Morgan fingerprint density at radius 2 is 1.02 bits per heavy atom. The van der Waals surface area contributed by atoms with Gasteiger partial charge in [0.1, 0.15) is 12.1 Å². The first-order valence-electron chi connectivity index (χ1n) is 17.1. The SMILES string of the molecule is CC(C)(C)c1ccc2c(c1)c1cc(C(C)(C)C)ccc1n2-c1cc2c3ccccc3n(-c3ccccc3)c2cc1-c1ccc(C#N)c(C#N)c1. The Balaban J connectivity index is 1.56. The molecule has 2 aromatic heterocycles. The Morgan fingerprint density at radius 3 is 1.62 bits per heavy atom. The molecule has 0 atom stereocenters. The maximum atomic E-state index is 10.1. The van der Waals surface area contributed by atoms with Crippen LogP contribution in [-0.4, -0.2) is 9.13 Å². The van der Waals surface area contributed by atoms with Crippen LogP contribution in [0.5, 0.6) is 0 Å². The molecule has 8 aromatic rings. The van der Waals surface area contributed by atoms with E-state index in [1.54, 1.807) is 6.07 Å². The molecule has 0 radical (unpaired) electrons. The molecule has 50 heavy (non-hydrogen) atoms. The normalized spacial score (nSPS) is 12.2. The third kappa shape index (κ3) is 4.88. The quantitative estimate of drug-likeness (QED) is 0.192. The van der Waals surface area contributed by atoms with Crippen LogP contribution in [0.2, 0.25) is 0 Å². The zero-order valence-electron chi connectivity index (χ0n) is 29.3. The minimum atomic E-state index is -0.0101. The van der Waals surface area contributed by atoms with E-state index in [-0.39, 0.29) is 10.8 Å². The summed E-state index contributed by atoms with van der Waals surface area (Å²) in [4.78, 5) is 0. The molecule has 0 unspecified atom stereocenters. The summed E-state index contributed by atoms with van der Waals surface area (Å²) in [6.07, 6.45) is 0. The van der Waals surface area contributed by atoms with Gasteiger partial charge in [0.05, 0.1) is 38.9 Å². The zero-order valence-corrected chi connectivity index (χ0v) is 29.3. The largest absolute Gasteiger partial charge is 0.309 e. The molecule has 8 rings (SSSR count). The van der Waals surface area contributed by atoms with E-state index in [4.69, 9.17) is 0 Å². The lowest BCUT2D eigenvalue weighted by atomic mass is 9.85. The first-order valence-corrected chi connectivity index (χ1v) is 17.1. The standard InChI is InChI=1S/C46H38N4/c1-45(2,3)32-18-20-41-37(23-32)38-24-33(46(4,5)6)19-21-42(38)50(41)43-26-39-35-14-10-11-15-40(35)49(34-12-8-7-9-13-34)44(39)25-36(43)29-16-17-30(27-47)31(22-29)28-48/h7-26H,1-6H3. The highest BCUT2D eigenvalue weighted by atomic mass is 15.0. The minimum Gasteiger partial charge on any atom is -0.309 e. The molecule has 0 amide bonds. The van der Waals surface area contributed by atoms with Crippen molar-refractivity contribution in [2.24, 2.45) is 0 Å². The van der Waals surface area contributed by atoms with Gasteiger partial charge < -0.3 is 9.13 Å². The number of nitriles is 2. The van der Waals surface area contributed by atoms with Gasteiger partial charge in [-0.05, 0) is 94.3 Å². The molecular weight excluding hydrogens is 609 g/mol. The second-order valence-corrected chi connectivity index (χ2v) is 15.4. The van der Waals surface area contributed by atoms with Gasteiger partial charge >= 0.3 is 0 Å². The fourth-order valence-electron chi connectivity index (χ4n) is 7.39. The summed E-state index contributed by atoms with van der Waals surface area (Å²) in [5.41, 5.74) is 11.7. The second-order valence-electron chi connectivity index (χ2n) is 15.4. The minimum absolute atomic E-state index is 0.0101. The fraction of sp³-hybridized carbons (Fsp3) is 0.174. The van der Waals surface area contributed by atoms with Gasteiger partial charge in [-0.2, -0.15) is 10.5 Å². The highest BCUT2D eigenvalue weighted by molar-refractivity contribution is 6.14. The van der Waals surface area contributed by atoms with Crippen LogP contribution in [0.15, 0.2) is 121 Å².